The molecule has 0 unspecified atom stereocenters. The Hall–Kier alpha value is -3.25. The molecular formula is C19H9Cl2N3O2. The topological polar surface area (TPSA) is 78.9 Å². The van der Waals surface area contributed by atoms with Gasteiger partial charge in [-0.2, -0.15) is 15.5 Å². The molecule has 0 aliphatic carbocycles. The lowest BCUT2D eigenvalue weighted by Crippen LogP contribution is -1.95. The van der Waals surface area contributed by atoms with E-state index in [-0.39, 0.29) is 21.8 Å². The second-order valence-corrected chi connectivity index (χ2v) is 5.86. The van der Waals surface area contributed by atoms with Crippen LogP contribution in [0.5, 0.6) is 23.3 Å². The standard InChI is InChI=1S/C19H9Cl2N3O2/c20-16-9-17(21)19(26-15-6-2-4-13(8-15)11-23)24-18(16)25-14-5-1-3-12(7-14)10-22/h1-9H. The Morgan fingerprint density at radius 3 is 1.62 bits per heavy atom. The third kappa shape index (κ3) is 4.04. The van der Waals surface area contributed by atoms with Crippen molar-refractivity contribution in [3.63, 3.8) is 0 Å². The van der Waals surface area contributed by atoms with Gasteiger partial charge in [-0.05, 0) is 42.5 Å². The van der Waals surface area contributed by atoms with E-state index in [1.807, 2.05) is 12.1 Å². The zero-order valence-corrected chi connectivity index (χ0v) is 14.6. The van der Waals surface area contributed by atoms with E-state index in [9.17, 15) is 0 Å². The maximum absolute atomic E-state index is 8.96. The van der Waals surface area contributed by atoms with Crippen LogP contribution in [0.1, 0.15) is 11.1 Å². The number of hydrogen-bond donors (Lipinski definition) is 0. The fourth-order valence-corrected chi connectivity index (χ4v) is 2.49. The van der Waals surface area contributed by atoms with Gasteiger partial charge in [-0.15, -0.1) is 0 Å². The SMILES string of the molecule is N#Cc1cccc(Oc2nc(Oc3cccc(C#N)c3)c(Cl)cc2Cl)c1. The molecule has 3 rings (SSSR count). The predicted octanol–water partition coefficient (Wildman–Crippen LogP) is 5.72. The first kappa shape index (κ1) is 17.6. The molecule has 0 fully saturated rings. The molecule has 0 aliphatic rings. The molecule has 1 aromatic heterocycles. The molecule has 3 aromatic rings. The normalized spacial score (nSPS) is 9.85. The Kier molecular flexibility index (Phi) is 5.24. The molecule has 0 atom stereocenters. The van der Waals surface area contributed by atoms with Gasteiger partial charge >= 0.3 is 0 Å². The van der Waals surface area contributed by atoms with Crippen LogP contribution in [0, 0.1) is 22.7 Å². The van der Waals surface area contributed by atoms with Crippen molar-refractivity contribution in [2.24, 2.45) is 0 Å². The summed E-state index contributed by atoms with van der Waals surface area (Å²) in [6.07, 6.45) is 0. The zero-order valence-electron chi connectivity index (χ0n) is 13.1. The Morgan fingerprint density at radius 2 is 1.19 bits per heavy atom. The van der Waals surface area contributed by atoms with Gasteiger partial charge in [-0.1, -0.05) is 35.3 Å². The van der Waals surface area contributed by atoms with E-state index in [0.29, 0.717) is 22.6 Å². The lowest BCUT2D eigenvalue weighted by molar-refractivity contribution is 0.426. The van der Waals surface area contributed by atoms with Crippen molar-refractivity contribution >= 4 is 23.2 Å². The number of hydrogen-bond acceptors (Lipinski definition) is 5. The highest BCUT2D eigenvalue weighted by Gasteiger charge is 2.14. The molecule has 0 radical (unpaired) electrons. The highest BCUT2D eigenvalue weighted by molar-refractivity contribution is 6.36. The Bertz CT molecular complexity index is 975. The van der Waals surface area contributed by atoms with Crippen LogP contribution in [0.4, 0.5) is 0 Å². The Balaban J connectivity index is 1.91. The summed E-state index contributed by atoms with van der Waals surface area (Å²) in [6, 6.07) is 18.6. The highest BCUT2D eigenvalue weighted by Crippen LogP contribution is 2.36. The highest BCUT2D eigenvalue weighted by atomic mass is 35.5. The minimum Gasteiger partial charge on any atom is -0.437 e. The third-order valence-corrected chi connectivity index (χ3v) is 3.76. The van der Waals surface area contributed by atoms with Crippen LogP contribution in [-0.4, -0.2) is 4.98 Å². The van der Waals surface area contributed by atoms with Gasteiger partial charge in [0.15, 0.2) is 0 Å². The van der Waals surface area contributed by atoms with Crippen LogP contribution in [0.15, 0.2) is 54.6 Å². The number of halogens is 2. The summed E-state index contributed by atoms with van der Waals surface area (Å²) in [5, 5.41) is 18.3. The van der Waals surface area contributed by atoms with Crippen LogP contribution >= 0.6 is 23.2 Å². The number of benzene rings is 2. The summed E-state index contributed by atoms with van der Waals surface area (Å²) in [5.74, 6) is 0.964. The summed E-state index contributed by atoms with van der Waals surface area (Å²) in [7, 11) is 0. The van der Waals surface area contributed by atoms with E-state index in [1.54, 1.807) is 48.5 Å². The first-order valence-electron chi connectivity index (χ1n) is 7.31. The van der Waals surface area contributed by atoms with Gasteiger partial charge in [0.2, 0.25) is 11.8 Å². The van der Waals surface area contributed by atoms with E-state index in [1.165, 1.54) is 6.07 Å². The maximum atomic E-state index is 8.96. The van der Waals surface area contributed by atoms with Crippen molar-refractivity contribution in [2.75, 3.05) is 0 Å². The molecule has 7 heteroatoms. The molecule has 0 N–H and O–H groups in total. The maximum Gasteiger partial charge on any atom is 0.241 e. The van der Waals surface area contributed by atoms with Gasteiger partial charge in [-0.3, -0.25) is 0 Å². The van der Waals surface area contributed by atoms with Crippen molar-refractivity contribution < 1.29 is 9.47 Å². The average molecular weight is 382 g/mol. The van der Waals surface area contributed by atoms with E-state index in [0.717, 1.165) is 0 Å². The summed E-state index contributed by atoms with van der Waals surface area (Å²) in [6.45, 7) is 0. The molecule has 2 aromatic carbocycles. The van der Waals surface area contributed by atoms with Gasteiger partial charge < -0.3 is 9.47 Å². The van der Waals surface area contributed by atoms with Crippen LogP contribution in [0.25, 0.3) is 0 Å². The summed E-state index contributed by atoms with van der Waals surface area (Å²) in [4.78, 5) is 4.20. The van der Waals surface area contributed by atoms with Gasteiger partial charge in [0.05, 0.1) is 23.3 Å². The third-order valence-electron chi connectivity index (χ3n) is 3.22. The number of rotatable bonds is 4. The smallest absolute Gasteiger partial charge is 0.241 e. The average Bonchev–Trinajstić information content (AvgIpc) is 2.66. The van der Waals surface area contributed by atoms with Gasteiger partial charge in [0, 0.05) is 0 Å². The fraction of sp³-hybridized carbons (Fsp3) is 0. The van der Waals surface area contributed by atoms with E-state index in [2.05, 4.69) is 4.98 Å². The molecule has 0 spiro atoms. The lowest BCUT2D eigenvalue weighted by Gasteiger charge is -2.11. The fourth-order valence-electron chi connectivity index (χ4n) is 2.06. The summed E-state index contributed by atoms with van der Waals surface area (Å²) in [5.41, 5.74) is 0.884. The molecule has 5 nitrogen and oxygen atoms in total. The molecule has 126 valence electrons. The predicted molar refractivity (Wildman–Crippen MR) is 96.7 cm³/mol. The first-order valence-corrected chi connectivity index (χ1v) is 8.06. The van der Waals surface area contributed by atoms with Gasteiger partial charge in [0.25, 0.3) is 0 Å². The van der Waals surface area contributed by atoms with Crippen LogP contribution in [0.2, 0.25) is 10.0 Å². The number of pyridine rings is 1. The van der Waals surface area contributed by atoms with E-state index >= 15 is 0 Å². The molecular weight excluding hydrogens is 373 g/mol. The van der Waals surface area contributed by atoms with Crippen LogP contribution < -0.4 is 9.47 Å². The Morgan fingerprint density at radius 1 is 0.731 bits per heavy atom. The summed E-state index contributed by atoms with van der Waals surface area (Å²) < 4.78 is 11.3. The monoisotopic (exact) mass is 381 g/mol. The summed E-state index contributed by atoms with van der Waals surface area (Å²) >= 11 is 12.3. The first-order chi connectivity index (χ1) is 12.6. The minimum atomic E-state index is 0.0811. The van der Waals surface area contributed by atoms with E-state index in [4.69, 9.17) is 43.2 Å². The lowest BCUT2D eigenvalue weighted by atomic mass is 10.2. The van der Waals surface area contributed by atoms with Crippen molar-refractivity contribution in [3.05, 3.63) is 75.8 Å². The number of nitrogens with zero attached hydrogens (tertiary/aromatic N) is 3. The molecule has 26 heavy (non-hydrogen) atoms. The molecule has 1 heterocycles. The van der Waals surface area contributed by atoms with Crippen molar-refractivity contribution in [3.8, 4) is 35.4 Å². The molecule has 0 saturated heterocycles. The van der Waals surface area contributed by atoms with Crippen LogP contribution in [-0.2, 0) is 0 Å². The van der Waals surface area contributed by atoms with Crippen LogP contribution in [0.3, 0.4) is 0 Å². The second-order valence-electron chi connectivity index (χ2n) is 5.05. The van der Waals surface area contributed by atoms with E-state index < -0.39 is 0 Å². The quantitative estimate of drug-likeness (QED) is 0.577. The Labute approximate surface area is 159 Å². The van der Waals surface area contributed by atoms with Crippen molar-refractivity contribution in [1.29, 1.82) is 10.5 Å². The minimum absolute atomic E-state index is 0.0811. The zero-order chi connectivity index (χ0) is 18.5. The van der Waals surface area contributed by atoms with Crippen molar-refractivity contribution in [1.82, 2.24) is 4.98 Å². The number of ether oxygens (including phenoxy) is 2. The number of nitriles is 2. The van der Waals surface area contributed by atoms with Gasteiger partial charge in [0.1, 0.15) is 21.5 Å². The largest absolute Gasteiger partial charge is 0.437 e. The second kappa shape index (κ2) is 7.76. The molecule has 0 amide bonds. The van der Waals surface area contributed by atoms with Crippen molar-refractivity contribution in [2.45, 2.75) is 0 Å². The molecule has 0 saturated carbocycles. The van der Waals surface area contributed by atoms with Gasteiger partial charge in [-0.25, -0.2) is 0 Å². The molecule has 0 bridgehead atoms. The number of aromatic nitrogens is 1. The molecule has 0 aliphatic heterocycles.